The Kier molecular flexibility index (Phi) is 8.29. The van der Waals surface area contributed by atoms with E-state index in [1.807, 2.05) is 0 Å². The van der Waals surface area contributed by atoms with Gasteiger partial charge in [0.2, 0.25) is 0 Å². The van der Waals surface area contributed by atoms with Gasteiger partial charge in [0.1, 0.15) is 5.78 Å². The Bertz CT molecular complexity index is 127. The zero-order chi connectivity index (χ0) is 9.44. The second-order valence-electron chi connectivity index (χ2n) is 1.94. The van der Waals surface area contributed by atoms with Crippen molar-refractivity contribution >= 4 is 11.8 Å². The van der Waals surface area contributed by atoms with Gasteiger partial charge in [0.25, 0.3) is 0 Å². The van der Waals surface area contributed by atoms with Gasteiger partial charge in [-0.2, -0.15) is 0 Å². The van der Waals surface area contributed by atoms with Crippen molar-refractivity contribution in [2.75, 3.05) is 6.61 Å². The van der Waals surface area contributed by atoms with Crippen LogP contribution >= 0.6 is 0 Å². The number of aliphatic carboxylic acids is 1. The van der Waals surface area contributed by atoms with Gasteiger partial charge in [0.05, 0.1) is 6.61 Å². The van der Waals surface area contributed by atoms with Crippen molar-refractivity contribution in [3.63, 3.8) is 0 Å². The van der Waals surface area contributed by atoms with Crippen LogP contribution in [0.3, 0.4) is 0 Å². The molecule has 0 aliphatic rings. The van der Waals surface area contributed by atoms with Crippen LogP contribution in [0, 0.1) is 0 Å². The Labute approximate surface area is 64.3 Å². The van der Waals surface area contributed by atoms with Crippen molar-refractivity contribution < 1.29 is 24.9 Å². The quantitative estimate of drug-likeness (QED) is 0.487. The summed E-state index contributed by atoms with van der Waals surface area (Å²) in [6, 6.07) is 0. The van der Waals surface area contributed by atoms with E-state index >= 15 is 0 Å². The Morgan fingerprint density at radius 1 is 1.36 bits per heavy atom. The molecule has 0 amide bonds. The Balaban J connectivity index is 0. The molecule has 1 atom stereocenters. The lowest BCUT2D eigenvalue weighted by Crippen LogP contribution is -2.22. The van der Waals surface area contributed by atoms with E-state index in [9.17, 15) is 9.59 Å². The maximum atomic E-state index is 9.52. The summed E-state index contributed by atoms with van der Waals surface area (Å²) in [6.07, 6.45) is -1.63. The normalized spacial score (nSPS) is 10.9. The van der Waals surface area contributed by atoms with Crippen molar-refractivity contribution in [3.8, 4) is 0 Å². The molecule has 3 N–H and O–H groups in total. The van der Waals surface area contributed by atoms with Crippen LogP contribution in [-0.2, 0) is 9.59 Å². The number of hydrogen-bond donors (Lipinski definition) is 3. The number of ketones is 1. The SMILES string of the molecule is CC(C)=O.O=C(O)[C@@H](O)CO. The number of hydrogen-bond acceptors (Lipinski definition) is 4. The van der Waals surface area contributed by atoms with E-state index in [1.54, 1.807) is 0 Å². The average Bonchev–Trinajstić information content (AvgIpc) is 1.85. The van der Waals surface area contributed by atoms with Gasteiger partial charge in [0, 0.05) is 0 Å². The molecule has 11 heavy (non-hydrogen) atoms. The lowest BCUT2D eigenvalue weighted by Gasteiger charge is -1.95. The predicted octanol–water partition coefficient (Wildman–Crippen LogP) is -0.980. The lowest BCUT2D eigenvalue weighted by molar-refractivity contribution is -0.148. The van der Waals surface area contributed by atoms with Gasteiger partial charge in [-0.25, -0.2) is 4.79 Å². The smallest absolute Gasteiger partial charge is 0.334 e. The van der Waals surface area contributed by atoms with Crippen LogP contribution in [-0.4, -0.2) is 39.8 Å². The Morgan fingerprint density at radius 3 is 1.64 bits per heavy atom. The summed E-state index contributed by atoms with van der Waals surface area (Å²) >= 11 is 0. The number of carbonyl (C=O) groups is 2. The van der Waals surface area contributed by atoms with Crippen molar-refractivity contribution in [2.45, 2.75) is 20.0 Å². The monoisotopic (exact) mass is 164 g/mol. The fraction of sp³-hybridized carbons (Fsp3) is 0.667. The van der Waals surface area contributed by atoms with E-state index in [0.717, 1.165) is 0 Å². The highest BCUT2D eigenvalue weighted by Gasteiger charge is 2.08. The van der Waals surface area contributed by atoms with Crippen LogP contribution in [0.2, 0.25) is 0 Å². The van der Waals surface area contributed by atoms with Crippen LogP contribution < -0.4 is 0 Å². The van der Waals surface area contributed by atoms with E-state index in [-0.39, 0.29) is 5.78 Å². The van der Waals surface area contributed by atoms with Crippen LogP contribution in [0.1, 0.15) is 13.8 Å². The van der Waals surface area contributed by atoms with E-state index in [4.69, 9.17) is 15.3 Å². The van der Waals surface area contributed by atoms with Gasteiger partial charge >= 0.3 is 5.97 Å². The molecule has 0 aromatic carbocycles. The first-order chi connectivity index (χ1) is 4.91. The maximum absolute atomic E-state index is 9.52. The van der Waals surface area contributed by atoms with Gasteiger partial charge in [0.15, 0.2) is 6.10 Å². The first-order valence-corrected chi connectivity index (χ1v) is 2.90. The lowest BCUT2D eigenvalue weighted by atomic mass is 10.4. The molecule has 0 fully saturated rings. The van der Waals surface area contributed by atoms with Crippen LogP contribution in [0.4, 0.5) is 0 Å². The minimum atomic E-state index is -1.63. The molecule has 0 radical (unpaired) electrons. The third-order valence-corrected chi connectivity index (χ3v) is 0.458. The second-order valence-corrected chi connectivity index (χ2v) is 1.94. The molecule has 0 aromatic heterocycles. The average molecular weight is 164 g/mol. The summed E-state index contributed by atoms with van der Waals surface area (Å²) in [5, 5.41) is 23.7. The van der Waals surface area contributed by atoms with Crippen molar-refractivity contribution in [3.05, 3.63) is 0 Å². The van der Waals surface area contributed by atoms with Crippen molar-refractivity contribution in [2.24, 2.45) is 0 Å². The van der Waals surface area contributed by atoms with E-state index < -0.39 is 18.7 Å². The third-order valence-electron chi connectivity index (χ3n) is 0.458. The minimum Gasteiger partial charge on any atom is -0.479 e. The summed E-state index contributed by atoms with van der Waals surface area (Å²) in [6.45, 7) is 2.33. The first kappa shape index (κ1) is 12.7. The molecule has 0 heterocycles. The van der Waals surface area contributed by atoms with Crippen molar-refractivity contribution in [1.82, 2.24) is 0 Å². The molecule has 66 valence electrons. The molecule has 0 aromatic rings. The summed E-state index contributed by atoms with van der Waals surface area (Å²) in [7, 11) is 0. The van der Waals surface area contributed by atoms with Gasteiger partial charge in [-0.1, -0.05) is 0 Å². The molecule has 0 aliphatic heterocycles. The highest BCUT2D eigenvalue weighted by atomic mass is 16.4. The molecular weight excluding hydrogens is 152 g/mol. The van der Waals surface area contributed by atoms with E-state index in [0.29, 0.717) is 0 Å². The molecule has 0 saturated heterocycles. The highest BCUT2D eigenvalue weighted by Crippen LogP contribution is 1.75. The van der Waals surface area contributed by atoms with Gasteiger partial charge in [-0.05, 0) is 13.8 Å². The van der Waals surface area contributed by atoms with E-state index in [1.165, 1.54) is 13.8 Å². The van der Waals surface area contributed by atoms with Gasteiger partial charge in [-0.3, -0.25) is 0 Å². The largest absolute Gasteiger partial charge is 0.479 e. The van der Waals surface area contributed by atoms with Crippen LogP contribution in [0.5, 0.6) is 0 Å². The summed E-state index contributed by atoms with van der Waals surface area (Å²) < 4.78 is 0. The third kappa shape index (κ3) is 17.6. The van der Waals surface area contributed by atoms with Crippen molar-refractivity contribution in [1.29, 1.82) is 0 Å². The van der Waals surface area contributed by atoms with E-state index in [2.05, 4.69) is 0 Å². The number of carbonyl (C=O) groups excluding carboxylic acids is 1. The highest BCUT2D eigenvalue weighted by molar-refractivity contribution is 5.72. The predicted molar refractivity (Wildman–Crippen MR) is 37.1 cm³/mol. The maximum Gasteiger partial charge on any atom is 0.334 e. The number of carboxylic acid groups (broad SMARTS) is 1. The molecule has 0 aliphatic carbocycles. The topological polar surface area (TPSA) is 94.8 Å². The number of aliphatic hydroxyl groups is 2. The zero-order valence-corrected chi connectivity index (χ0v) is 6.44. The summed E-state index contributed by atoms with van der Waals surface area (Å²) in [4.78, 5) is 19.0. The molecule has 0 bridgehead atoms. The number of carboxylic acids is 1. The second kappa shape index (κ2) is 7.17. The molecule has 0 rings (SSSR count). The molecule has 0 unspecified atom stereocenters. The Hall–Kier alpha value is -0.940. The minimum absolute atomic E-state index is 0.167. The van der Waals surface area contributed by atoms with Crippen LogP contribution in [0.15, 0.2) is 0 Å². The first-order valence-electron chi connectivity index (χ1n) is 2.90. The standard InChI is InChI=1S/C3H6O4.C3H6O/c4-1-2(5)3(6)7;1-3(2)4/h2,4-5H,1H2,(H,6,7);1-2H3/t2-;/m0./s1. The summed E-state index contributed by atoms with van der Waals surface area (Å²) in [5.41, 5.74) is 0. The molecule has 5 heteroatoms. The summed E-state index contributed by atoms with van der Waals surface area (Å²) in [5.74, 6) is -1.23. The molecule has 0 saturated carbocycles. The Morgan fingerprint density at radius 2 is 1.64 bits per heavy atom. The fourth-order valence-electron chi connectivity index (χ4n) is 0.0781. The number of Topliss-reactive ketones (excluding diaryl/α,β-unsaturated/α-hetero) is 1. The van der Waals surface area contributed by atoms with Crippen LogP contribution in [0.25, 0.3) is 0 Å². The molecule has 0 spiro atoms. The molecular formula is C6H12O5. The van der Waals surface area contributed by atoms with Gasteiger partial charge < -0.3 is 20.1 Å². The zero-order valence-electron chi connectivity index (χ0n) is 6.44. The number of aliphatic hydroxyl groups excluding tert-OH is 2. The molecule has 5 nitrogen and oxygen atoms in total. The fourth-order valence-corrected chi connectivity index (χ4v) is 0.0781. The van der Waals surface area contributed by atoms with Gasteiger partial charge in [-0.15, -0.1) is 0 Å². The number of rotatable bonds is 2.